The van der Waals surface area contributed by atoms with Crippen molar-refractivity contribution < 1.29 is 4.79 Å². The SMILES string of the molecule is CCN(CC)C(=O)[C@@H]1CCCN(C(=S)Nc2cc3ncccc3c3cccnc23)C1. The lowest BCUT2D eigenvalue weighted by molar-refractivity contribution is -0.136. The molecule has 0 saturated carbocycles. The zero-order chi connectivity index (χ0) is 21.1. The fraction of sp³-hybridized carbons (Fsp3) is 0.391. The Hall–Kier alpha value is -2.80. The number of piperidine rings is 1. The van der Waals surface area contributed by atoms with Gasteiger partial charge >= 0.3 is 0 Å². The topological polar surface area (TPSA) is 61.4 Å². The summed E-state index contributed by atoms with van der Waals surface area (Å²) in [5.41, 5.74) is 2.61. The second-order valence-corrected chi connectivity index (χ2v) is 8.01. The normalized spacial score (nSPS) is 16.6. The van der Waals surface area contributed by atoms with Gasteiger partial charge in [0, 0.05) is 49.3 Å². The molecule has 0 bridgehead atoms. The third-order valence-electron chi connectivity index (χ3n) is 5.85. The predicted octanol–water partition coefficient (Wildman–Crippen LogP) is 4.06. The van der Waals surface area contributed by atoms with Crippen molar-refractivity contribution in [3.05, 3.63) is 42.7 Å². The molecule has 1 aliphatic heterocycles. The van der Waals surface area contributed by atoms with Crippen LogP contribution in [0.1, 0.15) is 26.7 Å². The van der Waals surface area contributed by atoms with Gasteiger partial charge in [-0.3, -0.25) is 14.8 Å². The van der Waals surface area contributed by atoms with Crippen LogP contribution in [0.25, 0.3) is 21.8 Å². The molecule has 30 heavy (non-hydrogen) atoms. The highest BCUT2D eigenvalue weighted by molar-refractivity contribution is 7.80. The van der Waals surface area contributed by atoms with E-state index < -0.39 is 0 Å². The van der Waals surface area contributed by atoms with Gasteiger partial charge in [-0.25, -0.2) is 0 Å². The summed E-state index contributed by atoms with van der Waals surface area (Å²) in [7, 11) is 0. The molecule has 1 N–H and O–H groups in total. The van der Waals surface area contributed by atoms with Crippen molar-refractivity contribution in [2.45, 2.75) is 26.7 Å². The zero-order valence-electron chi connectivity index (χ0n) is 17.5. The molecule has 6 nitrogen and oxygen atoms in total. The highest BCUT2D eigenvalue weighted by Crippen LogP contribution is 2.30. The van der Waals surface area contributed by atoms with Gasteiger partial charge in [-0.1, -0.05) is 12.1 Å². The first-order valence-electron chi connectivity index (χ1n) is 10.6. The molecule has 0 spiro atoms. The number of amides is 1. The molecule has 3 heterocycles. The molecule has 1 saturated heterocycles. The Balaban J connectivity index is 1.57. The Morgan fingerprint density at radius 1 is 1.20 bits per heavy atom. The second kappa shape index (κ2) is 8.92. The number of thiocarbonyl (C=S) groups is 1. The van der Waals surface area contributed by atoms with E-state index in [-0.39, 0.29) is 11.8 Å². The average Bonchev–Trinajstić information content (AvgIpc) is 2.80. The number of hydrogen-bond acceptors (Lipinski definition) is 4. The lowest BCUT2D eigenvalue weighted by atomic mass is 9.96. The van der Waals surface area contributed by atoms with Crippen molar-refractivity contribution in [3.8, 4) is 0 Å². The van der Waals surface area contributed by atoms with Crippen molar-refractivity contribution in [1.82, 2.24) is 19.8 Å². The molecule has 1 aromatic carbocycles. The minimum absolute atomic E-state index is 0.00783. The molecule has 1 fully saturated rings. The predicted molar refractivity (Wildman–Crippen MR) is 125 cm³/mol. The average molecular weight is 422 g/mol. The van der Waals surface area contributed by atoms with E-state index in [9.17, 15) is 4.79 Å². The van der Waals surface area contributed by atoms with E-state index in [1.54, 1.807) is 12.4 Å². The van der Waals surface area contributed by atoms with Gasteiger partial charge in [-0.2, -0.15) is 0 Å². The van der Waals surface area contributed by atoms with E-state index in [0.717, 1.165) is 60.0 Å². The van der Waals surface area contributed by atoms with E-state index in [0.29, 0.717) is 11.7 Å². The van der Waals surface area contributed by atoms with Crippen LogP contribution in [0, 0.1) is 5.92 Å². The maximum atomic E-state index is 12.8. The molecule has 3 aromatic rings. The summed E-state index contributed by atoms with van der Waals surface area (Å²) >= 11 is 5.75. The summed E-state index contributed by atoms with van der Waals surface area (Å²) in [6.45, 7) is 7.05. The summed E-state index contributed by atoms with van der Waals surface area (Å²) in [6.07, 6.45) is 5.45. The van der Waals surface area contributed by atoms with E-state index in [1.807, 2.05) is 36.9 Å². The first-order valence-corrected chi connectivity index (χ1v) is 11.0. The fourth-order valence-corrected chi connectivity index (χ4v) is 4.52. The van der Waals surface area contributed by atoms with Crippen molar-refractivity contribution in [2.75, 3.05) is 31.5 Å². The lowest BCUT2D eigenvalue weighted by Crippen LogP contribution is -2.47. The number of anilines is 1. The highest BCUT2D eigenvalue weighted by Gasteiger charge is 2.29. The number of hydrogen-bond donors (Lipinski definition) is 1. The van der Waals surface area contributed by atoms with E-state index in [2.05, 4.69) is 32.3 Å². The highest BCUT2D eigenvalue weighted by atomic mass is 32.1. The second-order valence-electron chi connectivity index (χ2n) is 7.62. The molecule has 156 valence electrons. The van der Waals surface area contributed by atoms with Crippen LogP contribution >= 0.6 is 12.2 Å². The fourth-order valence-electron chi connectivity index (χ4n) is 4.25. The van der Waals surface area contributed by atoms with E-state index in [1.165, 1.54) is 0 Å². The van der Waals surface area contributed by atoms with Gasteiger partial charge in [0.05, 0.1) is 22.6 Å². The largest absolute Gasteiger partial charge is 0.348 e. The number of rotatable bonds is 4. The molecule has 7 heteroatoms. The molecule has 0 radical (unpaired) electrons. The number of likely N-dealkylation sites (tertiary alicyclic amines) is 1. The maximum Gasteiger partial charge on any atom is 0.227 e. The van der Waals surface area contributed by atoms with Crippen molar-refractivity contribution >= 4 is 50.7 Å². The summed E-state index contributed by atoms with van der Waals surface area (Å²) in [4.78, 5) is 26.0. The van der Waals surface area contributed by atoms with Crippen LogP contribution in [0.3, 0.4) is 0 Å². The van der Waals surface area contributed by atoms with Gasteiger partial charge in [0.1, 0.15) is 0 Å². The van der Waals surface area contributed by atoms with Crippen molar-refractivity contribution in [2.24, 2.45) is 5.92 Å². The standard InChI is InChI=1S/C23H27N5OS/c1-3-27(4-2)22(29)16-8-7-13-28(15-16)23(30)26-20-14-19-17(9-5-11-24-19)18-10-6-12-25-21(18)20/h5-6,9-12,14,16H,3-4,7-8,13,15H2,1-2H3,(H,26,30)/t16-/m1/s1. The molecule has 1 amide bonds. The first-order chi connectivity index (χ1) is 14.6. The van der Waals surface area contributed by atoms with Crippen molar-refractivity contribution in [1.29, 1.82) is 0 Å². The number of fused-ring (bicyclic) bond motifs is 3. The molecule has 1 aliphatic rings. The Bertz CT molecular complexity index is 1080. The Kier molecular flexibility index (Phi) is 6.08. The number of aromatic nitrogens is 2. The van der Waals surface area contributed by atoms with Crippen LogP contribution in [-0.2, 0) is 4.79 Å². The summed E-state index contributed by atoms with van der Waals surface area (Å²) in [5, 5.41) is 6.14. The van der Waals surface area contributed by atoms with Crippen LogP contribution in [0.5, 0.6) is 0 Å². The number of nitrogens with one attached hydrogen (secondary N) is 1. The minimum atomic E-state index is -0.00783. The third-order valence-corrected chi connectivity index (χ3v) is 6.21. The van der Waals surface area contributed by atoms with Gasteiger partial charge in [0.15, 0.2) is 5.11 Å². The number of carbonyl (C=O) groups is 1. The monoisotopic (exact) mass is 421 g/mol. The van der Waals surface area contributed by atoms with E-state index >= 15 is 0 Å². The summed E-state index contributed by atoms with van der Waals surface area (Å²) in [5.74, 6) is 0.223. The third kappa shape index (κ3) is 3.94. The van der Waals surface area contributed by atoms with Crippen LogP contribution < -0.4 is 5.32 Å². The smallest absolute Gasteiger partial charge is 0.227 e. The van der Waals surface area contributed by atoms with E-state index in [4.69, 9.17) is 12.2 Å². The quantitative estimate of drug-likeness (QED) is 0.506. The summed E-state index contributed by atoms with van der Waals surface area (Å²) in [6, 6.07) is 9.99. The molecule has 1 atom stereocenters. The van der Waals surface area contributed by atoms with Gasteiger partial charge in [0.25, 0.3) is 0 Å². The Labute approximate surface area is 182 Å². The molecule has 0 aliphatic carbocycles. The zero-order valence-corrected chi connectivity index (χ0v) is 18.3. The number of benzene rings is 1. The molecule has 2 aromatic heterocycles. The lowest BCUT2D eigenvalue weighted by Gasteiger charge is -2.36. The molecule has 0 unspecified atom stereocenters. The summed E-state index contributed by atoms with van der Waals surface area (Å²) < 4.78 is 0. The first kappa shape index (κ1) is 20.5. The van der Waals surface area contributed by atoms with Crippen LogP contribution in [0.4, 0.5) is 5.69 Å². The maximum absolute atomic E-state index is 12.8. The molecular weight excluding hydrogens is 394 g/mol. The number of carbonyl (C=O) groups excluding carboxylic acids is 1. The Morgan fingerprint density at radius 2 is 1.93 bits per heavy atom. The van der Waals surface area contributed by atoms with Gasteiger partial charge in [-0.15, -0.1) is 0 Å². The number of nitrogens with zero attached hydrogens (tertiary/aromatic N) is 4. The molecule has 4 rings (SSSR count). The number of pyridine rings is 2. The van der Waals surface area contributed by atoms with Crippen LogP contribution in [0.15, 0.2) is 42.7 Å². The Morgan fingerprint density at radius 3 is 2.70 bits per heavy atom. The minimum Gasteiger partial charge on any atom is -0.348 e. The van der Waals surface area contributed by atoms with Gasteiger partial charge in [0.2, 0.25) is 5.91 Å². The molecular formula is C23H27N5OS. The van der Waals surface area contributed by atoms with Gasteiger partial charge < -0.3 is 15.1 Å². The van der Waals surface area contributed by atoms with Gasteiger partial charge in [-0.05, 0) is 57.1 Å². The van der Waals surface area contributed by atoms with Crippen molar-refractivity contribution in [3.63, 3.8) is 0 Å². The van der Waals surface area contributed by atoms with Crippen LogP contribution in [0.2, 0.25) is 0 Å². The van der Waals surface area contributed by atoms with Crippen LogP contribution in [-0.4, -0.2) is 57.0 Å².